The maximum absolute atomic E-state index is 11.8. The van der Waals surface area contributed by atoms with Crippen molar-refractivity contribution in [3.63, 3.8) is 0 Å². The Morgan fingerprint density at radius 1 is 1.32 bits per heavy atom. The van der Waals surface area contributed by atoms with Crippen LogP contribution in [0, 0.1) is 5.92 Å². The van der Waals surface area contributed by atoms with Gasteiger partial charge >= 0.3 is 0 Å². The van der Waals surface area contributed by atoms with Gasteiger partial charge in [-0.1, -0.05) is 27.2 Å². The highest BCUT2D eigenvalue weighted by Crippen LogP contribution is 2.13. The molecule has 1 aliphatic heterocycles. The van der Waals surface area contributed by atoms with Crippen molar-refractivity contribution in [2.24, 2.45) is 11.7 Å². The second-order valence-corrected chi connectivity index (χ2v) is 5.66. The van der Waals surface area contributed by atoms with Gasteiger partial charge in [0.05, 0.1) is 6.04 Å². The van der Waals surface area contributed by atoms with Crippen LogP contribution in [-0.2, 0) is 9.59 Å². The van der Waals surface area contributed by atoms with Crippen LogP contribution in [0.4, 0.5) is 0 Å². The summed E-state index contributed by atoms with van der Waals surface area (Å²) in [6.45, 7) is 7.30. The Morgan fingerprint density at radius 2 is 1.89 bits per heavy atom. The van der Waals surface area contributed by atoms with Crippen LogP contribution in [-0.4, -0.2) is 41.9 Å². The fraction of sp³-hybridized carbons (Fsp3) is 0.857. The summed E-state index contributed by atoms with van der Waals surface area (Å²) in [5.74, 6) is 0.187. The van der Waals surface area contributed by atoms with E-state index >= 15 is 0 Å². The maximum Gasteiger partial charge on any atom is 0.237 e. The van der Waals surface area contributed by atoms with Crippen molar-refractivity contribution in [2.45, 2.75) is 58.5 Å². The molecule has 1 saturated heterocycles. The van der Waals surface area contributed by atoms with E-state index in [1.165, 1.54) is 0 Å². The highest BCUT2D eigenvalue weighted by molar-refractivity contribution is 5.82. The summed E-state index contributed by atoms with van der Waals surface area (Å²) in [6, 6.07) is -0.244. The van der Waals surface area contributed by atoms with Crippen LogP contribution in [0.3, 0.4) is 0 Å². The van der Waals surface area contributed by atoms with E-state index < -0.39 is 6.04 Å². The van der Waals surface area contributed by atoms with E-state index in [1.54, 1.807) is 0 Å². The van der Waals surface area contributed by atoms with Crippen LogP contribution in [0.15, 0.2) is 0 Å². The molecule has 2 amide bonds. The molecular formula is C14H27N3O2. The molecule has 0 aromatic rings. The second-order valence-electron chi connectivity index (χ2n) is 5.66. The molecule has 0 saturated carbocycles. The van der Waals surface area contributed by atoms with Gasteiger partial charge in [-0.2, -0.15) is 0 Å². The number of likely N-dealkylation sites (tertiary alicyclic amines) is 1. The van der Waals surface area contributed by atoms with Crippen molar-refractivity contribution in [2.75, 3.05) is 13.1 Å². The van der Waals surface area contributed by atoms with E-state index in [1.807, 2.05) is 25.7 Å². The van der Waals surface area contributed by atoms with E-state index in [0.717, 1.165) is 38.8 Å². The SMILES string of the molecule is CCCC(N)C(=O)NC1CCN(C(=O)C(C)C)CC1. The van der Waals surface area contributed by atoms with E-state index in [2.05, 4.69) is 5.32 Å². The largest absolute Gasteiger partial charge is 0.352 e. The molecule has 0 spiro atoms. The van der Waals surface area contributed by atoms with Gasteiger partial charge in [0.15, 0.2) is 0 Å². The maximum atomic E-state index is 11.8. The number of rotatable bonds is 5. The van der Waals surface area contributed by atoms with Gasteiger partial charge in [0.1, 0.15) is 0 Å². The lowest BCUT2D eigenvalue weighted by Crippen LogP contribution is -2.51. The summed E-state index contributed by atoms with van der Waals surface area (Å²) in [6.07, 6.45) is 3.28. The van der Waals surface area contributed by atoms with Gasteiger partial charge in [-0.15, -0.1) is 0 Å². The molecule has 110 valence electrons. The standard InChI is InChI=1S/C14H27N3O2/c1-4-5-12(15)13(18)16-11-6-8-17(9-7-11)14(19)10(2)3/h10-12H,4-9,15H2,1-3H3,(H,16,18). The molecule has 19 heavy (non-hydrogen) atoms. The third-order valence-electron chi connectivity index (χ3n) is 3.58. The van der Waals surface area contributed by atoms with Gasteiger partial charge < -0.3 is 16.0 Å². The average molecular weight is 269 g/mol. The predicted octanol–water partition coefficient (Wildman–Crippen LogP) is 0.877. The molecule has 5 heteroatoms. The van der Waals surface area contributed by atoms with Crippen LogP contribution in [0.1, 0.15) is 46.5 Å². The minimum Gasteiger partial charge on any atom is -0.352 e. The molecule has 1 atom stereocenters. The normalized spacial score (nSPS) is 18.5. The molecular weight excluding hydrogens is 242 g/mol. The minimum absolute atomic E-state index is 0.0455. The molecule has 1 fully saturated rings. The first-order chi connectivity index (χ1) is 8.95. The van der Waals surface area contributed by atoms with Gasteiger partial charge in [-0.05, 0) is 19.3 Å². The Morgan fingerprint density at radius 3 is 2.37 bits per heavy atom. The lowest BCUT2D eigenvalue weighted by molar-refractivity contribution is -0.135. The number of nitrogens with zero attached hydrogens (tertiary/aromatic N) is 1. The van der Waals surface area contributed by atoms with Crippen molar-refractivity contribution in [1.82, 2.24) is 10.2 Å². The Labute approximate surface area is 115 Å². The molecule has 1 heterocycles. The zero-order valence-electron chi connectivity index (χ0n) is 12.3. The summed E-state index contributed by atoms with van der Waals surface area (Å²) in [5, 5.41) is 2.99. The lowest BCUT2D eigenvalue weighted by Gasteiger charge is -2.33. The number of nitrogens with one attached hydrogen (secondary N) is 1. The summed E-state index contributed by atoms with van der Waals surface area (Å²) in [5.41, 5.74) is 5.78. The summed E-state index contributed by atoms with van der Waals surface area (Å²) < 4.78 is 0. The molecule has 0 radical (unpaired) electrons. The number of amides is 2. The van der Waals surface area contributed by atoms with Crippen molar-refractivity contribution >= 4 is 11.8 Å². The number of hydrogen-bond donors (Lipinski definition) is 2. The van der Waals surface area contributed by atoms with Crippen LogP contribution < -0.4 is 11.1 Å². The second kappa shape index (κ2) is 7.48. The zero-order valence-corrected chi connectivity index (χ0v) is 12.3. The molecule has 0 bridgehead atoms. The fourth-order valence-electron chi connectivity index (χ4n) is 2.36. The van der Waals surface area contributed by atoms with Crippen LogP contribution in [0.25, 0.3) is 0 Å². The molecule has 1 rings (SSSR count). The first-order valence-electron chi connectivity index (χ1n) is 7.30. The summed E-state index contributed by atoms with van der Waals surface area (Å²) >= 11 is 0. The first-order valence-corrected chi connectivity index (χ1v) is 7.30. The van der Waals surface area contributed by atoms with Crippen LogP contribution >= 0.6 is 0 Å². The first kappa shape index (κ1) is 16.0. The fourth-order valence-corrected chi connectivity index (χ4v) is 2.36. The molecule has 1 unspecified atom stereocenters. The summed E-state index contributed by atoms with van der Waals surface area (Å²) in [4.78, 5) is 25.5. The predicted molar refractivity (Wildman–Crippen MR) is 75.5 cm³/mol. The number of hydrogen-bond acceptors (Lipinski definition) is 3. The molecule has 1 aliphatic rings. The molecule has 0 aromatic carbocycles. The van der Waals surface area contributed by atoms with E-state index in [-0.39, 0.29) is 23.8 Å². The number of nitrogens with two attached hydrogens (primary N) is 1. The Kier molecular flexibility index (Phi) is 6.28. The zero-order chi connectivity index (χ0) is 14.4. The van der Waals surface area contributed by atoms with Crippen LogP contribution in [0.2, 0.25) is 0 Å². The topological polar surface area (TPSA) is 75.4 Å². The van der Waals surface area contributed by atoms with Gasteiger partial charge in [-0.3, -0.25) is 9.59 Å². The van der Waals surface area contributed by atoms with Crippen molar-refractivity contribution in [1.29, 1.82) is 0 Å². The quantitative estimate of drug-likeness (QED) is 0.778. The lowest BCUT2D eigenvalue weighted by atomic mass is 10.0. The Hall–Kier alpha value is -1.10. The molecule has 5 nitrogen and oxygen atoms in total. The van der Waals surface area contributed by atoms with Gasteiger partial charge in [0.2, 0.25) is 11.8 Å². The molecule has 3 N–H and O–H groups in total. The third kappa shape index (κ3) is 4.82. The van der Waals surface area contributed by atoms with Crippen molar-refractivity contribution < 1.29 is 9.59 Å². The van der Waals surface area contributed by atoms with Gasteiger partial charge in [0.25, 0.3) is 0 Å². The highest BCUT2D eigenvalue weighted by Gasteiger charge is 2.26. The third-order valence-corrected chi connectivity index (χ3v) is 3.58. The van der Waals surface area contributed by atoms with E-state index in [4.69, 9.17) is 5.73 Å². The highest BCUT2D eigenvalue weighted by atomic mass is 16.2. The number of carbonyl (C=O) groups is 2. The minimum atomic E-state index is -0.402. The molecule has 0 aliphatic carbocycles. The smallest absolute Gasteiger partial charge is 0.237 e. The molecule has 0 aromatic heterocycles. The Balaban J connectivity index is 2.34. The number of carbonyl (C=O) groups excluding carboxylic acids is 2. The monoisotopic (exact) mass is 269 g/mol. The van der Waals surface area contributed by atoms with E-state index in [9.17, 15) is 9.59 Å². The summed E-state index contributed by atoms with van der Waals surface area (Å²) in [7, 11) is 0. The Bertz CT molecular complexity index is 310. The van der Waals surface area contributed by atoms with Gasteiger partial charge in [-0.25, -0.2) is 0 Å². The average Bonchev–Trinajstić information content (AvgIpc) is 2.38. The van der Waals surface area contributed by atoms with Crippen molar-refractivity contribution in [3.05, 3.63) is 0 Å². The number of piperidine rings is 1. The van der Waals surface area contributed by atoms with Gasteiger partial charge in [0, 0.05) is 25.0 Å². The van der Waals surface area contributed by atoms with E-state index in [0.29, 0.717) is 0 Å². The van der Waals surface area contributed by atoms with Crippen molar-refractivity contribution in [3.8, 4) is 0 Å². The van der Waals surface area contributed by atoms with Crippen LogP contribution in [0.5, 0.6) is 0 Å².